The summed E-state index contributed by atoms with van der Waals surface area (Å²) in [6, 6.07) is 0.465. The van der Waals surface area contributed by atoms with Gasteiger partial charge in [0, 0.05) is 33.7 Å². The number of nitrogens with zero attached hydrogens (tertiary/aromatic N) is 1. The molecule has 0 aliphatic carbocycles. The number of halogens is 1. The maximum absolute atomic E-state index is 11.8. The molecule has 2 rings (SSSR count). The first-order valence-electron chi connectivity index (χ1n) is 5.30. The van der Waals surface area contributed by atoms with Crippen LogP contribution in [0, 0.1) is 0 Å². The number of hydrogen-bond donors (Lipinski definition) is 1. The lowest BCUT2D eigenvalue weighted by atomic mass is 10.1. The van der Waals surface area contributed by atoms with Crippen molar-refractivity contribution in [2.45, 2.75) is 31.1 Å². The summed E-state index contributed by atoms with van der Waals surface area (Å²) in [4.78, 5) is 5.12. The summed E-state index contributed by atoms with van der Waals surface area (Å²) >= 11 is 1.59. The van der Waals surface area contributed by atoms with Crippen LogP contribution >= 0.6 is 23.7 Å². The van der Waals surface area contributed by atoms with Crippen LogP contribution in [0.15, 0.2) is 11.7 Å². The normalized spacial score (nSPS) is 22.4. The van der Waals surface area contributed by atoms with Crippen molar-refractivity contribution in [3.05, 3.63) is 16.6 Å². The van der Waals surface area contributed by atoms with Crippen molar-refractivity contribution in [2.75, 3.05) is 12.3 Å². The first-order chi connectivity index (χ1) is 7.34. The third-order valence-electron chi connectivity index (χ3n) is 2.59. The van der Waals surface area contributed by atoms with Crippen molar-refractivity contribution in [1.82, 2.24) is 10.3 Å². The molecule has 0 amide bonds. The minimum Gasteiger partial charge on any atom is -0.313 e. The molecule has 6 heteroatoms. The first kappa shape index (κ1) is 14.1. The number of aromatic nitrogens is 1. The molecule has 0 spiro atoms. The van der Waals surface area contributed by atoms with Gasteiger partial charge in [-0.3, -0.25) is 9.19 Å². The van der Waals surface area contributed by atoms with Crippen molar-refractivity contribution >= 4 is 34.5 Å². The number of hydrogen-bond acceptors (Lipinski definition) is 4. The van der Waals surface area contributed by atoms with E-state index in [2.05, 4.69) is 10.3 Å². The molecule has 1 aliphatic heterocycles. The van der Waals surface area contributed by atoms with Gasteiger partial charge >= 0.3 is 0 Å². The molecular weight excluding hydrogens is 264 g/mol. The maximum atomic E-state index is 11.8. The third-order valence-corrected chi connectivity index (χ3v) is 4.96. The van der Waals surface area contributed by atoms with Gasteiger partial charge in [-0.05, 0) is 19.4 Å². The molecule has 0 radical (unpaired) electrons. The van der Waals surface area contributed by atoms with E-state index in [1.807, 2.05) is 6.20 Å². The molecule has 1 saturated heterocycles. The fourth-order valence-corrected chi connectivity index (χ4v) is 4.11. The fourth-order valence-electron chi connectivity index (χ4n) is 1.82. The van der Waals surface area contributed by atoms with E-state index >= 15 is 0 Å². The summed E-state index contributed by atoms with van der Waals surface area (Å²) in [7, 11) is -0.739. The van der Waals surface area contributed by atoms with Gasteiger partial charge in [-0.1, -0.05) is 6.42 Å². The third kappa shape index (κ3) is 4.49. The van der Waals surface area contributed by atoms with Gasteiger partial charge < -0.3 is 5.32 Å². The highest BCUT2D eigenvalue weighted by molar-refractivity contribution is 7.84. The first-order valence-corrected chi connectivity index (χ1v) is 7.67. The molecule has 0 aromatic carbocycles. The Hall–Kier alpha value is 0.0300. The minimum atomic E-state index is -0.739. The van der Waals surface area contributed by atoms with E-state index in [9.17, 15) is 4.21 Å². The Bertz CT molecular complexity index is 313. The van der Waals surface area contributed by atoms with E-state index in [0.29, 0.717) is 11.8 Å². The van der Waals surface area contributed by atoms with Crippen molar-refractivity contribution in [2.24, 2.45) is 0 Å². The van der Waals surface area contributed by atoms with E-state index < -0.39 is 10.8 Å². The lowest BCUT2D eigenvalue weighted by Crippen LogP contribution is -2.38. The average Bonchev–Trinajstić information content (AvgIpc) is 2.71. The van der Waals surface area contributed by atoms with Crippen LogP contribution in [-0.4, -0.2) is 27.5 Å². The predicted molar refractivity (Wildman–Crippen MR) is 71.7 cm³/mol. The Balaban J connectivity index is 0.00000128. The van der Waals surface area contributed by atoms with Crippen LogP contribution in [0.2, 0.25) is 0 Å². The lowest BCUT2D eigenvalue weighted by molar-refractivity contribution is 0.427. The number of rotatable bonds is 4. The van der Waals surface area contributed by atoms with Gasteiger partial charge in [-0.15, -0.1) is 23.7 Å². The van der Waals surface area contributed by atoms with Gasteiger partial charge in [-0.25, -0.2) is 0 Å². The van der Waals surface area contributed by atoms with Gasteiger partial charge in [0.25, 0.3) is 0 Å². The Morgan fingerprint density at radius 3 is 3.06 bits per heavy atom. The van der Waals surface area contributed by atoms with E-state index in [4.69, 9.17) is 0 Å². The van der Waals surface area contributed by atoms with Crippen LogP contribution in [-0.2, 0) is 16.6 Å². The van der Waals surface area contributed by atoms with Crippen molar-refractivity contribution in [3.8, 4) is 0 Å². The zero-order chi connectivity index (χ0) is 10.5. The quantitative estimate of drug-likeness (QED) is 0.917. The monoisotopic (exact) mass is 280 g/mol. The molecule has 0 bridgehead atoms. The molecular formula is C10H17ClN2OS2. The zero-order valence-electron chi connectivity index (χ0n) is 9.05. The van der Waals surface area contributed by atoms with Gasteiger partial charge in [0.2, 0.25) is 0 Å². The maximum Gasteiger partial charge on any atom is 0.0794 e. The van der Waals surface area contributed by atoms with Crippen molar-refractivity contribution < 1.29 is 4.21 Å². The minimum absolute atomic E-state index is 0. The topological polar surface area (TPSA) is 42.0 Å². The molecule has 16 heavy (non-hydrogen) atoms. The Morgan fingerprint density at radius 2 is 2.44 bits per heavy atom. The van der Waals surface area contributed by atoms with Crippen LogP contribution in [0.25, 0.3) is 0 Å². The highest BCUT2D eigenvalue weighted by Gasteiger charge is 2.15. The second kappa shape index (κ2) is 7.37. The summed E-state index contributed by atoms with van der Waals surface area (Å²) in [5.41, 5.74) is 1.80. The molecule has 2 unspecified atom stereocenters. The SMILES string of the molecule is Cl.O=S(Cc1cncs1)CC1CCCCN1. The van der Waals surface area contributed by atoms with Gasteiger partial charge in [-0.2, -0.15) is 0 Å². The average molecular weight is 281 g/mol. The van der Waals surface area contributed by atoms with Crippen LogP contribution in [0.1, 0.15) is 24.1 Å². The standard InChI is InChI=1S/C10H16N2OS2.ClH/c13-15(7-10-5-11-8-14-10)6-9-3-1-2-4-12-9;/h5,8-9,12H,1-4,6-7H2;1H. The zero-order valence-corrected chi connectivity index (χ0v) is 11.5. The van der Waals surface area contributed by atoms with E-state index in [0.717, 1.165) is 17.2 Å². The molecule has 92 valence electrons. The Labute approximate surface area is 109 Å². The highest BCUT2D eigenvalue weighted by atomic mass is 35.5. The molecule has 2 heterocycles. The molecule has 3 nitrogen and oxygen atoms in total. The van der Waals surface area contributed by atoms with Gasteiger partial charge in [0.15, 0.2) is 0 Å². The van der Waals surface area contributed by atoms with Crippen LogP contribution in [0.3, 0.4) is 0 Å². The van der Waals surface area contributed by atoms with E-state index in [1.165, 1.54) is 19.3 Å². The predicted octanol–water partition coefficient (Wildman–Crippen LogP) is 1.96. The Morgan fingerprint density at radius 1 is 1.56 bits per heavy atom. The van der Waals surface area contributed by atoms with Gasteiger partial charge in [0.1, 0.15) is 0 Å². The van der Waals surface area contributed by atoms with E-state index in [-0.39, 0.29) is 12.4 Å². The van der Waals surface area contributed by atoms with E-state index in [1.54, 1.807) is 16.8 Å². The largest absolute Gasteiger partial charge is 0.313 e. The van der Waals surface area contributed by atoms with Crippen LogP contribution < -0.4 is 5.32 Å². The Kier molecular flexibility index (Phi) is 6.49. The second-order valence-corrected chi connectivity index (χ2v) is 6.34. The fraction of sp³-hybridized carbons (Fsp3) is 0.700. The van der Waals surface area contributed by atoms with Crippen molar-refractivity contribution in [3.63, 3.8) is 0 Å². The second-order valence-electron chi connectivity index (χ2n) is 3.87. The summed E-state index contributed by atoms with van der Waals surface area (Å²) in [5, 5.41) is 3.42. The summed E-state index contributed by atoms with van der Waals surface area (Å²) in [5.74, 6) is 1.46. The number of nitrogens with one attached hydrogen (secondary N) is 1. The van der Waals surface area contributed by atoms with Crippen LogP contribution in [0.5, 0.6) is 0 Å². The number of piperidine rings is 1. The molecule has 2 atom stereocenters. The molecule has 1 aromatic heterocycles. The molecule has 1 fully saturated rings. The smallest absolute Gasteiger partial charge is 0.0794 e. The van der Waals surface area contributed by atoms with Gasteiger partial charge in [0.05, 0.1) is 11.3 Å². The molecule has 1 N–H and O–H groups in total. The number of thiazole rings is 1. The molecule has 1 aromatic rings. The molecule has 0 saturated carbocycles. The van der Waals surface area contributed by atoms with Crippen molar-refractivity contribution in [1.29, 1.82) is 0 Å². The van der Waals surface area contributed by atoms with Crippen LogP contribution in [0.4, 0.5) is 0 Å². The molecule has 1 aliphatic rings. The summed E-state index contributed by atoms with van der Waals surface area (Å²) < 4.78 is 11.8. The summed E-state index contributed by atoms with van der Waals surface area (Å²) in [6.07, 6.45) is 5.53. The highest BCUT2D eigenvalue weighted by Crippen LogP contribution is 2.12. The lowest BCUT2D eigenvalue weighted by Gasteiger charge is -2.22. The summed E-state index contributed by atoms with van der Waals surface area (Å²) in [6.45, 7) is 1.09.